The summed E-state index contributed by atoms with van der Waals surface area (Å²) in [7, 11) is 0. The fourth-order valence-electron chi connectivity index (χ4n) is 0.478. The third-order valence-electron chi connectivity index (χ3n) is 0.939. The zero-order valence-corrected chi connectivity index (χ0v) is 6.36. The van der Waals surface area contributed by atoms with Crippen molar-refractivity contribution in [2.45, 2.75) is 0 Å². The Labute approximate surface area is 84.2 Å². The minimum atomic E-state index is 0. The number of rotatable bonds is 1. The minimum absolute atomic E-state index is 0. The molecule has 0 aliphatic rings. The number of aldehydes is 1. The van der Waals surface area contributed by atoms with Crippen LogP contribution < -0.4 is 0 Å². The average Bonchev–Trinajstić information content (AvgIpc) is 2.07. The molecule has 0 bridgehead atoms. The molecule has 1 radical (unpaired) electrons. The van der Waals surface area contributed by atoms with E-state index in [0.29, 0.717) is 6.29 Å². The monoisotopic (exact) mass is 177 g/mol. The first-order valence-electron chi connectivity index (χ1n) is 3.24. The van der Waals surface area contributed by atoms with Crippen LogP contribution in [0, 0.1) is 6.92 Å². The van der Waals surface area contributed by atoms with Crippen LogP contribution in [-0.4, -0.2) is 23.6 Å². The molecule has 0 aliphatic carbocycles. The third-order valence-corrected chi connectivity index (χ3v) is 0.939. The fourth-order valence-corrected chi connectivity index (χ4v) is 0.478. The lowest BCUT2D eigenvalue weighted by Gasteiger charge is -1.82. The van der Waals surface area contributed by atoms with Crippen molar-refractivity contribution in [3.05, 3.63) is 55.5 Å². The van der Waals surface area contributed by atoms with Gasteiger partial charge >= 0.3 is 0 Å². The molecule has 0 unspecified atom stereocenters. The molecule has 0 saturated heterocycles. The lowest BCUT2D eigenvalue weighted by Crippen LogP contribution is -1.62. The van der Waals surface area contributed by atoms with E-state index in [1.54, 1.807) is 0 Å². The maximum atomic E-state index is 9.06. The van der Waals surface area contributed by atoms with Crippen molar-refractivity contribution in [2.75, 3.05) is 0 Å². The van der Waals surface area contributed by atoms with Crippen molar-refractivity contribution in [2.24, 2.45) is 0 Å². The van der Waals surface area contributed by atoms with Crippen molar-refractivity contribution < 1.29 is 4.79 Å². The second kappa shape index (κ2) is 10.2. The van der Waals surface area contributed by atoms with Crippen LogP contribution >= 0.6 is 0 Å². The van der Waals surface area contributed by atoms with Gasteiger partial charge < -0.3 is 0 Å². The summed E-state index contributed by atoms with van der Waals surface area (Å²) in [6.07, 6.45) is 1.83. The summed E-state index contributed by atoms with van der Waals surface area (Å²) in [5.41, 5.74) is 1.07. The Morgan fingerprint density at radius 2 is 1.58 bits per heavy atom. The van der Waals surface area contributed by atoms with Crippen molar-refractivity contribution in [1.82, 2.24) is 0 Å². The first-order valence-corrected chi connectivity index (χ1v) is 3.24. The molecule has 2 heteroatoms. The van der Waals surface area contributed by atoms with Crippen molar-refractivity contribution >= 4 is 23.6 Å². The zero-order valence-electron chi connectivity index (χ0n) is 6.36. The highest BCUT2D eigenvalue weighted by Gasteiger charge is 1.72. The molecule has 0 heterocycles. The number of benzene rings is 1. The molecule has 0 aromatic heterocycles. The van der Waals surface area contributed by atoms with Gasteiger partial charge in [0.1, 0.15) is 6.29 Å². The van der Waals surface area contributed by atoms with Gasteiger partial charge in [-0.05, 0) is 18.6 Å². The zero-order chi connectivity index (χ0) is 8.53. The molecule has 0 saturated carbocycles. The van der Waals surface area contributed by atoms with Gasteiger partial charge in [0.25, 0.3) is 0 Å². The Hall–Kier alpha value is -0.838. The molecule has 63 valence electrons. The highest BCUT2D eigenvalue weighted by atomic mass is 27.0. The summed E-state index contributed by atoms with van der Waals surface area (Å²) in [6, 6.07) is 9.87. The Morgan fingerprint density at radius 3 is 1.75 bits per heavy atom. The fraction of sp³-hybridized carbons (Fsp3) is 0. The van der Waals surface area contributed by atoms with E-state index in [1.807, 2.05) is 30.3 Å². The van der Waals surface area contributed by atoms with E-state index in [0.717, 1.165) is 5.56 Å². The minimum Gasteiger partial charge on any atom is -0.299 e. The molecule has 0 spiro atoms. The van der Waals surface area contributed by atoms with E-state index in [2.05, 4.69) is 13.5 Å². The van der Waals surface area contributed by atoms with Crippen LogP contribution in [0.25, 0.3) is 0 Å². The number of hydrogen-bond acceptors (Lipinski definition) is 1. The van der Waals surface area contributed by atoms with E-state index in [1.165, 1.54) is 6.08 Å². The number of carbonyl (C=O) groups excluding carboxylic acids is 1. The molecule has 0 atom stereocenters. The lowest BCUT2D eigenvalue weighted by atomic mass is 10.2. The van der Waals surface area contributed by atoms with Crippen LogP contribution in [0.1, 0.15) is 5.56 Å². The molecule has 1 aromatic carbocycles. The Kier molecular flexibility index (Phi) is 11.6. The highest BCUT2D eigenvalue weighted by Crippen LogP contribution is 1.92. The van der Waals surface area contributed by atoms with Gasteiger partial charge in [-0.2, -0.15) is 0 Å². The Morgan fingerprint density at radius 1 is 1.17 bits per heavy atom. The van der Waals surface area contributed by atoms with Gasteiger partial charge in [-0.1, -0.05) is 36.9 Å². The van der Waals surface area contributed by atoms with E-state index in [9.17, 15) is 0 Å². The van der Waals surface area contributed by atoms with Crippen LogP contribution in [0.15, 0.2) is 43.0 Å². The summed E-state index contributed by atoms with van der Waals surface area (Å²) in [5, 5.41) is 0. The topological polar surface area (TPSA) is 17.1 Å². The number of allylic oxidation sites excluding steroid dienone is 1. The summed E-state index contributed by atoms with van der Waals surface area (Å²) < 4.78 is 0. The highest BCUT2D eigenvalue weighted by molar-refractivity contribution is 5.75. The maximum Gasteiger partial charge on any atom is 0.187 e. The first-order chi connectivity index (χ1) is 5.31. The average molecular weight is 177 g/mol. The predicted octanol–water partition coefficient (Wildman–Crippen LogP) is 1.06. The summed E-state index contributed by atoms with van der Waals surface area (Å²) in [5.74, 6) is 0. The van der Waals surface area contributed by atoms with E-state index >= 15 is 0 Å². The number of carbonyl (C=O) groups is 1. The van der Waals surface area contributed by atoms with Gasteiger partial charge in [0.15, 0.2) is 17.4 Å². The van der Waals surface area contributed by atoms with Gasteiger partial charge in [0.2, 0.25) is 0 Å². The van der Waals surface area contributed by atoms with Gasteiger partial charge in [0.05, 0.1) is 0 Å². The summed E-state index contributed by atoms with van der Waals surface area (Å²) >= 11 is 0. The first kappa shape index (κ1) is 13.7. The molecule has 12 heavy (non-hydrogen) atoms. The molecular weight excluding hydrogens is 163 g/mol. The lowest BCUT2D eigenvalue weighted by molar-refractivity contribution is -0.104. The molecule has 0 fully saturated rings. The van der Waals surface area contributed by atoms with Crippen molar-refractivity contribution in [3.63, 3.8) is 0 Å². The van der Waals surface area contributed by atoms with Crippen LogP contribution in [0.5, 0.6) is 0 Å². The second-order valence-corrected chi connectivity index (χ2v) is 1.86. The molecule has 1 aromatic rings. The Balaban J connectivity index is 0. The predicted molar refractivity (Wildman–Crippen MR) is 57.1 cm³/mol. The van der Waals surface area contributed by atoms with Gasteiger partial charge in [-0.3, -0.25) is 4.79 Å². The summed E-state index contributed by atoms with van der Waals surface area (Å²) in [4.78, 5) is 9.06. The molecule has 0 amide bonds. The second-order valence-electron chi connectivity index (χ2n) is 1.86. The molecule has 0 N–H and O–H groups in total. The van der Waals surface area contributed by atoms with Crippen molar-refractivity contribution in [1.29, 1.82) is 0 Å². The van der Waals surface area contributed by atoms with Gasteiger partial charge in [-0.15, -0.1) is 0 Å². The molecule has 0 aliphatic heterocycles. The van der Waals surface area contributed by atoms with Gasteiger partial charge in [-0.25, -0.2) is 0 Å². The quantitative estimate of drug-likeness (QED) is 0.356. The van der Waals surface area contributed by atoms with E-state index in [4.69, 9.17) is 4.79 Å². The maximum absolute atomic E-state index is 9.06. The Bertz CT molecular complexity index is 200. The summed E-state index contributed by atoms with van der Waals surface area (Å²) in [6.45, 7) is 6.83. The van der Waals surface area contributed by atoms with Crippen LogP contribution in [0.4, 0.5) is 0 Å². The third kappa shape index (κ3) is 9.16. The van der Waals surface area contributed by atoms with Crippen LogP contribution in [0.3, 0.4) is 0 Å². The van der Waals surface area contributed by atoms with E-state index < -0.39 is 0 Å². The van der Waals surface area contributed by atoms with Crippen molar-refractivity contribution in [3.8, 4) is 0 Å². The molecule has 1 nitrogen and oxygen atoms in total. The number of hydrogen-bond donors (Lipinski definition) is 0. The normalized spacial score (nSPS) is 6.75. The standard InChI is InChI=1S/C7H7.C3H4O.Al.3H/c1-7-5-3-2-4-6-7;1-2-3-4;;;;/h2-6H,1H2;2-3H,1H2;;;;. The van der Waals surface area contributed by atoms with Gasteiger partial charge in [0, 0.05) is 0 Å². The largest absolute Gasteiger partial charge is 0.299 e. The van der Waals surface area contributed by atoms with E-state index in [-0.39, 0.29) is 17.4 Å². The molecule has 1 rings (SSSR count). The smallest absolute Gasteiger partial charge is 0.187 e. The SMILES string of the molecule is C=CC=O.[AlH3].[CH2]c1ccccc1. The van der Waals surface area contributed by atoms with Crippen LogP contribution in [-0.2, 0) is 4.79 Å². The molecular formula is C10H14AlO. The van der Waals surface area contributed by atoms with Crippen LogP contribution in [0.2, 0.25) is 0 Å².